The highest BCUT2D eigenvalue weighted by Gasteiger charge is 2.15. The summed E-state index contributed by atoms with van der Waals surface area (Å²) in [7, 11) is 0. The molecule has 1 aromatic carbocycles. The summed E-state index contributed by atoms with van der Waals surface area (Å²) in [5.41, 5.74) is 8.50. The van der Waals surface area contributed by atoms with Crippen LogP contribution in [0.3, 0.4) is 0 Å². The summed E-state index contributed by atoms with van der Waals surface area (Å²) >= 11 is 0. The minimum absolute atomic E-state index is 0.0239. The fourth-order valence-corrected chi connectivity index (χ4v) is 2.08. The first-order valence-electron chi connectivity index (χ1n) is 6.63. The summed E-state index contributed by atoms with van der Waals surface area (Å²) in [5.74, 6) is 0.0239. The summed E-state index contributed by atoms with van der Waals surface area (Å²) in [5, 5.41) is 8.95. The lowest BCUT2D eigenvalue weighted by atomic mass is 10.0. The normalized spacial score (nSPS) is 13.7. The van der Waals surface area contributed by atoms with Crippen LogP contribution in [0.25, 0.3) is 0 Å². The Morgan fingerprint density at radius 1 is 1.33 bits per heavy atom. The first kappa shape index (κ1) is 14.5. The average molecular weight is 245 g/mol. The highest BCUT2D eigenvalue weighted by Crippen LogP contribution is 2.27. The smallest absolute Gasteiger partial charge is 0.0671 e. The van der Waals surface area contributed by atoms with E-state index in [1.165, 1.54) is 5.56 Å². The molecule has 1 aromatic rings. The Morgan fingerprint density at radius 2 is 2.00 bits per heavy atom. The first-order valence-corrected chi connectivity index (χ1v) is 6.63. The number of nitriles is 1. The molecule has 0 aliphatic heterocycles. The van der Waals surface area contributed by atoms with Gasteiger partial charge in [0.1, 0.15) is 0 Å². The van der Waals surface area contributed by atoms with Crippen molar-refractivity contribution >= 4 is 5.69 Å². The number of nitrogens with two attached hydrogens (primary N) is 1. The molecular weight excluding hydrogens is 222 g/mol. The van der Waals surface area contributed by atoms with Crippen molar-refractivity contribution < 1.29 is 0 Å². The van der Waals surface area contributed by atoms with Crippen molar-refractivity contribution in [1.82, 2.24) is 0 Å². The van der Waals surface area contributed by atoms with Crippen molar-refractivity contribution in [3.63, 3.8) is 0 Å². The molecule has 1 rings (SSSR count). The molecule has 0 saturated heterocycles. The van der Waals surface area contributed by atoms with Gasteiger partial charge in [0.15, 0.2) is 0 Å². The molecule has 3 heteroatoms. The summed E-state index contributed by atoms with van der Waals surface area (Å²) in [6, 6.07) is 10.6. The summed E-state index contributed by atoms with van der Waals surface area (Å²) < 4.78 is 0. The molecule has 0 saturated carbocycles. The number of rotatable bonds is 6. The lowest BCUT2D eigenvalue weighted by molar-refractivity contribution is 0.662. The topological polar surface area (TPSA) is 53.0 Å². The van der Waals surface area contributed by atoms with Gasteiger partial charge in [0.2, 0.25) is 0 Å². The van der Waals surface area contributed by atoms with Gasteiger partial charge in [-0.15, -0.1) is 0 Å². The fraction of sp³-hybridized carbons (Fsp3) is 0.533. The van der Waals surface area contributed by atoms with E-state index in [9.17, 15) is 0 Å². The molecular formula is C15H23N3. The zero-order chi connectivity index (χ0) is 13.5. The zero-order valence-corrected chi connectivity index (χ0v) is 11.6. The Kier molecular flexibility index (Phi) is 5.67. The summed E-state index contributed by atoms with van der Waals surface area (Å²) in [6.45, 7) is 7.79. The van der Waals surface area contributed by atoms with Crippen LogP contribution in [0.1, 0.15) is 38.8 Å². The van der Waals surface area contributed by atoms with E-state index in [-0.39, 0.29) is 12.0 Å². The van der Waals surface area contributed by atoms with E-state index >= 15 is 0 Å². The van der Waals surface area contributed by atoms with E-state index in [1.807, 2.05) is 19.1 Å². The molecule has 0 aliphatic rings. The standard InChI is InChI=1S/C15H23N3/c1-4-14(17)13-8-6-7-9-15(13)18(5-2)11-12(3)10-16/h6-9,12,14H,4-5,11,17H2,1-3H3/t12?,14-/m1/s1. The largest absolute Gasteiger partial charge is 0.370 e. The number of hydrogen-bond donors (Lipinski definition) is 1. The number of para-hydroxylation sites is 1. The molecule has 0 fully saturated rings. The van der Waals surface area contributed by atoms with Gasteiger partial charge >= 0.3 is 0 Å². The van der Waals surface area contributed by atoms with E-state index in [2.05, 4.69) is 36.9 Å². The maximum absolute atomic E-state index is 8.95. The van der Waals surface area contributed by atoms with Gasteiger partial charge in [0, 0.05) is 24.8 Å². The number of benzene rings is 1. The molecule has 0 aromatic heterocycles. The molecule has 18 heavy (non-hydrogen) atoms. The molecule has 0 bridgehead atoms. The summed E-state index contributed by atoms with van der Waals surface area (Å²) in [6.07, 6.45) is 0.919. The van der Waals surface area contributed by atoms with Gasteiger partial charge < -0.3 is 10.6 Å². The van der Waals surface area contributed by atoms with E-state index in [4.69, 9.17) is 11.0 Å². The Morgan fingerprint density at radius 3 is 2.56 bits per heavy atom. The van der Waals surface area contributed by atoms with E-state index in [1.54, 1.807) is 0 Å². The highest BCUT2D eigenvalue weighted by molar-refractivity contribution is 5.55. The van der Waals surface area contributed by atoms with Crippen molar-refractivity contribution in [3.8, 4) is 6.07 Å². The third-order valence-electron chi connectivity index (χ3n) is 3.21. The van der Waals surface area contributed by atoms with Gasteiger partial charge in [0.25, 0.3) is 0 Å². The monoisotopic (exact) mass is 245 g/mol. The SMILES string of the molecule is CC[C@@H](N)c1ccccc1N(CC)CC(C)C#N. The van der Waals surface area contributed by atoms with Crippen molar-refractivity contribution in [1.29, 1.82) is 5.26 Å². The van der Waals surface area contributed by atoms with E-state index in [0.29, 0.717) is 0 Å². The maximum atomic E-state index is 8.95. The molecule has 2 atom stereocenters. The van der Waals surface area contributed by atoms with Crippen LogP contribution in [0.5, 0.6) is 0 Å². The van der Waals surface area contributed by atoms with Crippen LogP contribution in [0.2, 0.25) is 0 Å². The average Bonchev–Trinajstić information content (AvgIpc) is 2.43. The molecule has 0 amide bonds. The Bertz CT molecular complexity index is 408. The van der Waals surface area contributed by atoms with Crippen molar-refractivity contribution in [3.05, 3.63) is 29.8 Å². The van der Waals surface area contributed by atoms with Crippen molar-refractivity contribution in [2.75, 3.05) is 18.0 Å². The van der Waals surface area contributed by atoms with Crippen LogP contribution in [0.15, 0.2) is 24.3 Å². The second-order valence-corrected chi connectivity index (χ2v) is 4.64. The van der Waals surface area contributed by atoms with Crippen LogP contribution < -0.4 is 10.6 Å². The first-order chi connectivity index (χ1) is 8.63. The molecule has 98 valence electrons. The predicted octanol–water partition coefficient (Wildman–Crippen LogP) is 3.08. The Labute approximate surface area is 110 Å². The summed E-state index contributed by atoms with van der Waals surface area (Å²) in [4.78, 5) is 2.23. The number of hydrogen-bond acceptors (Lipinski definition) is 3. The lowest BCUT2D eigenvalue weighted by Gasteiger charge is -2.28. The van der Waals surface area contributed by atoms with E-state index in [0.717, 1.165) is 25.2 Å². The number of anilines is 1. The Balaban J connectivity index is 3.02. The molecule has 3 nitrogen and oxygen atoms in total. The van der Waals surface area contributed by atoms with Gasteiger partial charge in [-0.25, -0.2) is 0 Å². The third kappa shape index (κ3) is 3.48. The lowest BCUT2D eigenvalue weighted by Crippen LogP contribution is -2.29. The van der Waals surface area contributed by atoms with Crippen LogP contribution in [0.4, 0.5) is 5.69 Å². The maximum Gasteiger partial charge on any atom is 0.0671 e. The molecule has 2 N–H and O–H groups in total. The molecule has 0 radical (unpaired) electrons. The van der Waals surface area contributed by atoms with Crippen LogP contribution >= 0.6 is 0 Å². The van der Waals surface area contributed by atoms with Crippen LogP contribution in [0, 0.1) is 17.2 Å². The van der Waals surface area contributed by atoms with Crippen molar-refractivity contribution in [2.24, 2.45) is 11.7 Å². The highest BCUT2D eigenvalue weighted by atomic mass is 15.1. The predicted molar refractivity (Wildman–Crippen MR) is 76.3 cm³/mol. The quantitative estimate of drug-likeness (QED) is 0.838. The minimum atomic E-state index is 0.0239. The van der Waals surface area contributed by atoms with Gasteiger partial charge in [0.05, 0.1) is 12.0 Å². The molecule has 0 heterocycles. The molecule has 0 aliphatic carbocycles. The van der Waals surface area contributed by atoms with Crippen LogP contribution in [-0.2, 0) is 0 Å². The zero-order valence-electron chi connectivity index (χ0n) is 11.6. The van der Waals surface area contributed by atoms with Crippen molar-refractivity contribution in [2.45, 2.75) is 33.2 Å². The third-order valence-corrected chi connectivity index (χ3v) is 3.21. The molecule has 1 unspecified atom stereocenters. The van der Waals surface area contributed by atoms with Gasteiger partial charge in [-0.05, 0) is 31.9 Å². The van der Waals surface area contributed by atoms with Gasteiger partial charge in [-0.2, -0.15) is 5.26 Å². The fourth-order valence-electron chi connectivity index (χ4n) is 2.08. The van der Waals surface area contributed by atoms with Gasteiger partial charge in [-0.3, -0.25) is 0 Å². The second kappa shape index (κ2) is 7.03. The Hall–Kier alpha value is -1.53. The second-order valence-electron chi connectivity index (χ2n) is 4.64. The van der Waals surface area contributed by atoms with Gasteiger partial charge in [-0.1, -0.05) is 25.1 Å². The van der Waals surface area contributed by atoms with E-state index < -0.39 is 0 Å². The number of nitrogens with zero attached hydrogens (tertiary/aromatic N) is 2. The minimum Gasteiger partial charge on any atom is -0.370 e. The van der Waals surface area contributed by atoms with Crippen LogP contribution in [-0.4, -0.2) is 13.1 Å². The molecule has 0 spiro atoms.